The van der Waals surface area contributed by atoms with Crippen molar-refractivity contribution in [2.24, 2.45) is 0 Å². The van der Waals surface area contributed by atoms with Gasteiger partial charge in [-0.2, -0.15) is 0 Å². The zero-order chi connectivity index (χ0) is 15.3. The van der Waals surface area contributed by atoms with Gasteiger partial charge < -0.3 is 9.89 Å². The van der Waals surface area contributed by atoms with Crippen LogP contribution in [-0.2, 0) is 0 Å². The van der Waals surface area contributed by atoms with Crippen LogP contribution in [0.1, 0.15) is 1.43 Å². The van der Waals surface area contributed by atoms with E-state index in [-0.39, 0.29) is 20.3 Å². The molecule has 0 saturated carbocycles. The maximum absolute atomic E-state index is 2.63. The predicted molar refractivity (Wildman–Crippen MR) is 101 cm³/mol. The van der Waals surface area contributed by atoms with Gasteiger partial charge in [-0.15, -0.1) is 0 Å². The van der Waals surface area contributed by atoms with Crippen molar-refractivity contribution in [1.82, 2.24) is 8.46 Å². The number of hydrogen-bond donors (Lipinski definition) is 0. The minimum atomic E-state index is -0.929. The molecule has 0 spiro atoms. The fraction of sp³-hybridized carbons (Fsp3) is 1.00. The molecule has 114 valence electrons. The quantitative estimate of drug-likeness (QED) is 0.696. The summed E-state index contributed by atoms with van der Waals surface area (Å²) in [6.07, 6.45) is 0. The number of rotatable bonds is 4. The van der Waals surface area contributed by atoms with Gasteiger partial charge in [-0.3, -0.25) is 0 Å². The van der Waals surface area contributed by atoms with E-state index >= 15 is 0 Å². The Kier molecular flexibility index (Phi) is 13.6. The van der Waals surface area contributed by atoms with Gasteiger partial charge in [-0.05, 0) is 14.1 Å². The van der Waals surface area contributed by atoms with Crippen molar-refractivity contribution in [2.75, 3.05) is 14.1 Å². The molecule has 0 aliphatic heterocycles. The van der Waals surface area contributed by atoms with Gasteiger partial charge in [0, 0.05) is 0 Å². The van der Waals surface area contributed by atoms with Crippen LogP contribution < -0.4 is 18.9 Å². The maximum atomic E-state index is 2.63. The van der Waals surface area contributed by atoms with Crippen LogP contribution in [0.15, 0.2) is 0 Å². The zero-order valence-electron chi connectivity index (χ0n) is 17.0. The smallest absolute Gasteiger partial charge is 1.00 e. The summed E-state index contributed by atoms with van der Waals surface area (Å²) >= 11 is 0. The van der Waals surface area contributed by atoms with Crippen molar-refractivity contribution in [1.29, 1.82) is 0 Å². The molecule has 0 aliphatic carbocycles. The average molecular weight is 331 g/mol. The van der Waals surface area contributed by atoms with E-state index in [4.69, 9.17) is 0 Å². The van der Waals surface area contributed by atoms with Crippen LogP contribution in [0.2, 0.25) is 65.5 Å². The molecular weight excluding hydrogens is 291 g/mol. The summed E-state index contributed by atoms with van der Waals surface area (Å²) in [5, 5.41) is 0. The summed E-state index contributed by atoms with van der Waals surface area (Å²) in [6.45, 7) is 24.0. The molecule has 2 nitrogen and oxygen atoms in total. The molecule has 0 radical (unpaired) electrons. The van der Waals surface area contributed by atoms with Gasteiger partial charge in [0.2, 0.25) is 0 Å². The summed E-state index contributed by atoms with van der Waals surface area (Å²) in [6, 6.07) is 0. The molecule has 0 aliphatic rings. The van der Waals surface area contributed by atoms with E-state index in [1.54, 1.807) is 0 Å². The SMILES string of the molecule is CN([SiH](C)C)[Si](C)(C)C.CN([SiH](C)C)[Si](C)(C)C.[H-].[Li+]. The molecule has 0 bridgehead atoms. The van der Waals surface area contributed by atoms with Crippen LogP contribution in [0.5, 0.6) is 0 Å². The summed E-state index contributed by atoms with van der Waals surface area (Å²) in [5.41, 5.74) is 0. The Morgan fingerprint density at radius 2 is 0.789 bits per heavy atom. The van der Waals surface area contributed by atoms with Crippen molar-refractivity contribution in [2.45, 2.75) is 65.5 Å². The monoisotopic (exact) mass is 330 g/mol. The third-order valence-corrected chi connectivity index (χ3v) is 18.7. The molecule has 0 aromatic carbocycles. The summed E-state index contributed by atoms with van der Waals surface area (Å²) < 4.78 is 5.26. The second kappa shape index (κ2) is 10.2. The molecule has 0 atom stereocenters. The van der Waals surface area contributed by atoms with Crippen LogP contribution in [0.4, 0.5) is 0 Å². The second-order valence-electron chi connectivity index (χ2n) is 7.75. The van der Waals surface area contributed by atoms with Crippen molar-refractivity contribution in [3.63, 3.8) is 0 Å². The minimum absolute atomic E-state index is 0. The molecule has 0 unspecified atom stereocenters. The Bertz CT molecular complexity index is 206. The van der Waals surface area contributed by atoms with Crippen molar-refractivity contribution in [3.05, 3.63) is 0 Å². The first-order valence-corrected chi connectivity index (χ1v) is 19.7. The Labute approximate surface area is 142 Å². The summed E-state index contributed by atoms with van der Waals surface area (Å²) in [5.74, 6) is 0. The van der Waals surface area contributed by atoms with Crippen LogP contribution in [0, 0.1) is 0 Å². The Balaban J connectivity index is -0.000000116. The maximum Gasteiger partial charge on any atom is 1.00 e. The van der Waals surface area contributed by atoms with Crippen LogP contribution in [0.3, 0.4) is 0 Å². The first-order valence-electron chi connectivity index (χ1n) is 7.17. The second-order valence-corrected chi connectivity index (χ2v) is 24.8. The van der Waals surface area contributed by atoms with Crippen LogP contribution >= 0.6 is 0 Å². The molecule has 0 rings (SSSR count). The zero-order valence-corrected chi connectivity index (χ0v) is 20.4. The topological polar surface area (TPSA) is 6.48 Å². The summed E-state index contributed by atoms with van der Waals surface area (Å²) in [4.78, 5) is 0. The summed E-state index contributed by atoms with van der Waals surface area (Å²) in [7, 11) is 1.72. The van der Waals surface area contributed by atoms with Crippen LogP contribution in [0.25, 0.3) is 0 Å². The molecule has 0 fully saturated rings. The standard InChI is InChI=1S/2C6H19NSi2.Li.H/c2*1-7(8(2)3)9(4,5)6;;/h2*8H,1-6H3;;/q;;+1;-1. The molecule has 0 heterocycles. The van der Waals surface area contributed by atoms with E-state index in [2.05, 4.69) is 88.0 Å². The number of hydrogen-bond acceptors (Lipinski definition) is 2. The van der Waals surface area contributed by atoms with E-state index < -0.39 is 34.4 Å². The average Bonchev–Trinajstić information content (AvgIpc) is 2.13. The fourth-order valence-corrected chi connectivity index (χ4v) is 13.9. The van der Waals surface area contributed by atoms with Gasteiger partial charge in [0.05, 0.1) is 17.9 Å². The largest absolute Gasteiger partial charge is 1.00 e. The fourth-order valence-electron chi connectivity index (χ4n) is 1.55. The van der Waals surface area contributed by atoms with E-state index in [0.717, 1.165) is 0 Å². The van der Waals surface area contributed by atoms with E-state index in [0.29, 0.717) is 0 Å². The Morgan fingerprint density at radius 1 is 0.632 bits per heavy atom. The van der Waals surface area contributed by atoms with Gasteiger partial charge >= 0.3 is 18.9 Å². The van der Waals surface area contributed by atoms with Crippen molar-refractivity contribution < 1.29 is 20.3 Å². The van der Waals surface area contributed by atoms with Crippen molar-refractivity contribution >= 4 is 34.4 Å². The predicted octanol–water partition coefficient (Wildman–Crippen LogP) is 0.590. The molecule has 19 heavy (non-hydrogen) atoms. The first kappa shape index (κ1) is 25.3. The van der Waals surface area contributed by atoms with Crippen LogP contribution in [-0.4, -0.2) is 56.9 Å². The molecule has 0 N–H and O–H groups in total. The van der Waals surface area contributed by atoms with Gasteiger partial charge in [0.15, 0.2) is 0 Å². The number of nitrogens with zero attached hydrogens (tertiary/aromatic N) is 2. The van der Waals surface area contributed by atoms with Gasteiger partial charge in [-0.25, -0.2) is 0 Å². The minimum Gasteiger partial charge on any atom is -1.00 e. The van der Waals surface area contributed by atoms with E-state index in [1.165, 1.54) is 0 Å². The molecule has 0 aromatic rings. The van der Waals surface area contributed by atoms with Gasteiger partial charge in [0.25, 0.3) is 0 Å². The molecule has 0 aromatic heterocycles. The third kappa shape index (κ3) is 12.8. The molecular formula is C12H39LiN2Si4. The Morgan fingerprint density at radius 3 is 0.789 bits per heavy atom. The van der Waals surface area contributed by atoms with Gasteiger partial charge in [-0.1, -0.05) is 65.5 Å². The van der Waals surface area contributed by atoms with E-state index in [9.17, 15) is 0 Å². The van der Waals surface area contributed by atoms with Crippen molar-refractivity contribution in [3.8, 4) is 0 Å². The molecule has 0 amide bonds. The normalized spacial score (nSPS) is 12.6. The first-order chi connectivity index (χ1) is 7.71. The Hall–Kier alpha value is 1.38. The molecule has 0 saturated heterocycles. The van der Waals surface area contributed by atoms with E-state index in [1.807, 2.05) is 0 Å². The third-order valence-electron chi connectivity index (χ3n) is 3.67. The molecule has 7 heteroatoms. The van der Waals surface area contributed by atoms with Gasteiger partial charge in [0.1, 0.15) is 16.5 Å².